The van der Waals surface area contributed by atoms with Crippen LogP contribution in [-0.2, 0) is 10.0 Å². The lowest BCUT2D eigenvalue weighted by Gasteiger charge is -2.30. The maximum atomic E-state index is 13.1. The predicted molar refractivity (Wildman–Crippen MR) is 143 cm³/mol. The second-order valence-corrected chi connectivity index (χ2v) is 12.4. The molecule has 0 radical (unpaired) electrons. The summed E-state index contributed by atoms with van der Waals surface area (Å²) in [5.74, 6) is 0.0845. The molecular weight excluding hydrogens is 518 g/mol. The first kappa shape index (κ1) is 24.9. The number of halogens is 1. The summed E-state index contributed by atoms with van der Waals surface area (Å²) < 4.78 is 30.2. The number of thiazole rings is 1. The van der Waals surface area contributed by atoms with Gasteiger partial charge in [0, 0.05) is 24.7 Å². The predicted octanol–water partition coefficient (Wildman–Crippen LogP) is 5.65. The quantitative estimate of drug-likeness (QED) is 0.339. The summed E-state index contributed by atoms with van der Waals surface area (Å²) in [5.41, 5.74) is 1.73. The van der Waals surface area contributed by atoms with Crippen LogP contribution in [-0.4, -0.2) is 46.5 Å². The molecule has 0 unspecified atom stereocenters. The first-order valence-electron chi connectivity index (χ1n) is 11.8. The number of hydrogen-bond donors (Lipinski definition) is 1. The van der Waals surface area contributed by atoms with Crippen molar-refractivity contribution >= 4 is 54.9 Å². The van der Waals surface area contributed by atoms with E-state index in [0.717, 1.165) is 36.8 Å². The smallest absolute Gasteiger partial charge is 0.256 e. The number of carbonyl (C=O) groups is 1. The van der Waals surface area contributed by atoms with Gasteiger partial charge in [-0.15, -0.1) is 0 Å². The minimum atomic E-state index is -3.63. The maximum absolute atomic E-state index is 13.1. The lowest BCUT2D eigenvalue weighted by molar-refractivity contribution is 0.102. The summed E-state index contributed by atoms with van der Waals surface area (Å²) in [6.07, 6.45) is 5.00. The highest BCUT2D eigenvalue weighted by Crippen LogP contribution is 2.31. The molecule has 1 fully saturated rings. The van der Waals surface area contributed by atoms with Gasteiger partial charge in [-0.25, -0.2) is 13.4 Å². The zero-order chi connectivity index (χ0) is 25.4. The molecule has 36 heavy (non-hydrogen) atoms. The van der Waals surface area contributed by atoms with Crippen molar-refractivity contribution < 1.29 is 13.2 Å². The van der Waals surface area contributed by atoms with Crippen LogP contribution in [0.15, 0.2) is 53.4 Å². The summed E-state index contributed by atoms with van der Waals surface area (Å²) in [5, 5.41) is 8.48. The normalized spacial score (nSPS) is 15.0. The number of aromatic nitrogens is 3. The van der Waals surface area contributed by atoms with Gasteiger partial charge in [-0.2, -0.15) is 14.1 Å². The molecule has 1 saturated carbocycles. The van der Waals surface area contributed by atoms with E-state index >= 15 is 0 Å². The molecule has 2 aromatic carbocycles. The van der Waals surface area contributed by atoms with E-state index in [9.17, 15) is 13.2 Å². The highest BCUT2D eigenvalue weighted by molar-refractivity contribution is 7.89. The van der Waals surface area contributed by atoms with Crippen LogP contribution in [0.5, 0.6) is 0 Å². The van der Waals surface area contributed by atoms with Gasteiger partial charge in [0.15, 0.2) is 0 Å². The second kappa shape index (κ2) is 9.93. The third kappa shape index (κ3) is 4.78. The molecule has 0 atom stereocenters. The van der Waals surface area contributed by atoms with Gasteiger partial charge in [0.05, 0.1) is 20.3 Å². The zero-order valence-corrected chi connectivity index (χ0v) is 22.3. The number of benzene rings is 2. The number of amides is 1. The van der Waals surface area contributed by atoms with Gasteiger partial charge in [0.1, 0.15) is 11.3 Å². The Morgan fingerprint density at radius 2 is 1.86 bits per heavy atom. The van der Waals surface area contributed by atoms with Gasteiger partial charge in [0.25, 0.3) is 5.91 Å². The van der Waals surface area contributed by atoms with E-state index in [0.29, 0.717) is 32.7 Å². The van der Waals surface area contributed by atoms with E-state index in [1.54, 1.807) is 23.9 Å². The number of sulfonamides is 1. The van der Waals surface area contributed by atoms with Gasteiger partial charge in [0.2, 0.25) is 15.2 Å². The van der Waals surface area contributed by atoms with Crippen LogP contribution < -0.4 is 5.32 Å². The summed E-state index contributed by atoms with van der Waals surface area (Å²) >= 11 is 7.69. The van der Waals surface area contributed by atoms with Crippen molar-refractivity contribution in [1.29, 1.82) is 0 Å². The average Bonchev–Trinajstić information content (AvgIpc) is 3.48. The molecule has 1 aliphatic rings. The molecule has 11 heteroatoms. The summed E-state index contributed by atoms with van der Waals surface area (Å²) in [6.45, 7) is 1.83. The summed E-state index contributed by atoms with van der Waals surface area (Å²) in [7, 11) is -1.98. The fourth-order valence-corrected chi connectivity index (χ4v) is 7.15. The maximum Gasteiger partial charge on any atom is 0.256 e. The summed E-state index contributed by atoms with van der Waals surface area (Å²) in [6, 6.07) is 13.4. The molecule has 0 saturated heterocycles. The largest absolute Gasteiger partial charge is 0.306 e. The SMILES string of the molecule is Cc1cc(NC(=O)c2ccc(S(=O)(=O)N(C)C3CCCCC3)cc2)n(-c2nc3c(Cl)cccc3s2)n1. The van der Waals surface area contributed by atoms with Crippen LogP contribution in [0.4, 0.5) is 5.82 Å². The van der Waals surface area contributed by atoms with Gasteiger partial charge in [-0.3, -0.25) is 4.79 Å². The van der Waals surface area contributed by atoms with Crippen LogP contribution in [0, 0.1) is 6.92 Å². The number of nitrogens with one attached hydrogen (secondary N) is 1. The Morgan fingerprint density at radius 3 is 2.56 bits per heavy atom. The van der Waals surface area contributed by atoms with Gasteiger partial charge >= 0.3 is 0 Å². The van der Waals surface area contributed by atoms with Crippen LogP contribution in [0.25, 0.3) is 15.3 Å². The lowest BCUT2D eigenvalue weighted by Crippen LogP contribution is -2.38. The molecule has 1 amide bonds. The molecule has 2 aromatic heterocycles. The van der Waals surface area contributed by atoms with E-state index in [-0.39, 0.29) is 16.8 Å². The Bertz CT molecular complexity index is 1520. The Hall–Kier alpha value is -2.79. The van der Waals surface area contributed by atoms with Crippen molar-refractivity contribution in [2.45, 2.75) is 50.0 Å². The van der Waals surface area contributed by atoms with Crippen LogP contribution in [0.3, 0.4) is 0 Å². The van der Waals surface area contributed by atoms with Crippen LogP contribution >= 0.6 is 22.9 Å². The van der Waals surface area contributed by atoms with E-state index in [2.05, 4.69) is 15.4 Å². The second-order valence-electron chi connectivity index (χ2n) is 8.96. The summed E-state index contributed by atoms with van der Waals surface area (Å²) in [4.78, 5) is 17.8. The molecule has 0 bridgehead atoms. The third-order valence-electron chi connectivity index (χ3n) is 6.50. The molecule has 188 valence electrons. The van der Waals surface area contributed by atoms with E-state index in [1.807, 2.05) is 19.1 Å². The number of aryl methyl sites for hydroxylation is 1. The van der Waals surface area contributed by atoms with Crippen molar-refractivity contribution in [2.24, 2.45) is 0 Å². The lowest BCUT2D eigenvalue weighted by atomic mass is 9.96. The highest BCUT2D eigenvalue weighted by Gasteiger charge is 2.29. The first-order chi connectivity index (χ1) is 17.2. The van der Waals surface area contributed by atoms with E-state index in [1.165, 1.54) is 39.9 Å². The molecule has 5 rings (SSSR count). The third-order valence-corrected chi connectivity index (χ3v) is 9.72. The van der Waals surface area contributed by atoms with Crippen LogP contribution in [0.1, 0.15) is 48.2 Å². The highest BCUT2D eigenvalue weighted by atomic mass is 35.5. The monoisotopic (exact) mass is 543 g/mol. The van der Waals surface area contributed by atoms with Crippen molar-refractivity contribution in [2.75, 3.05) is 12.4 Å². The fourth-order valence-electron chi connectivity index (χ4n) is 4.50. The Morgan fingerprint density at radius 1 is 1.14 bits per heavy atom. The van der Waals surface area contributed by atoms with Crippen molar-refractivity contribution in [3.63, 3.8) is 0 Å². The van der Waals surface area contributed by atoms with Crippen LogP contribution in [0.2, 0.25) is 5.02 Å². The number of para-hydroxylation sites is 1. The molecular formula is C25H26ClN5O3S2. The number of rotatable bonds is 6. The van der Waals surface area contributed by atoms with E-state index < -0.39 is 10.0 Å². The molecule has 4 aromatic rings. The molecule has 0 aliphatic heterocycles. The standard InChI is InChI=1S/C25H26ClN5O3S2/c1-16-15-22(31(29-16)25-28-23-20(26)9-6-10-21(23)35-25)27-24(32)17-11-13-19(14-12-17)36(33,34)30(2)18-7-4-3-5-8-18/h6,9-15,18H,3-5,7-8H2,1-2H3,(H,27,32). The average molecular weight is 544 g/mol. The molecule has 8 nitrogen and oxygen atoms in total. The Balaban J connectivity index is 1.36. The van der Waals surface area contributed by atoms with Gasteiger partial charge < -0.3 is 5.32 Å². The molecule has 1 aliphatic carbocycles. The fraction of sp³-hybridized carbons (Fsp3) is 0.320. The topological polar surface area (TPSA) is 97.2 Å². The van der Waals surface area contributed by atoms with Crippen molar-refractivity contribution in [1.82, 2.24) is 19.1 Å². The minimum Gasteiger partial charge on any atom is -0.306 e. The number of nitrogens with zero attached hydrogens (tertiary/aromatic N) is 4. The van der Waals surface area contributed by atoms with Gasteiger partial charge in [-0.05, 0) is 56.2 Å². The number of carbonyl (C=O) groups excluding carboxylic acids is 1. The first-order valence-corrected chi connectivity index (χ1v) is 14.4. The Kier molecular flexibility index (Phi) is 6.86. The number of anilines is 1. The Labute approximate surface area is 219 Å². The van der Waals surface area contributed by atoms with Gasteiger partial charge in [-0.1, -0.05) is 48.3 Å². The van der Waals surface area contributed by atoms with E-state index in [4.69, 9.17) is 11.6 Å². The molecule has 0 spiro atoms. The molecule has 1 N–H and O–H groups in total. The van der Waals surface area contributed by atoms with Crippen molar-refractivity contribution in [3.05, 3.63) is 64.8 Å². The zero-order valence-electron chi connectivity index (χ0n) is 19.9. The minimum absolute atomic E-state index is 0.0210. The number of fused-ring (bicyclic) bond motifs is 1. The van der Waals surface area contributed by atoms with Crippen molar-refractivity contribution in [3.8, 4) is 5.13 Å². The number of hydrogen-bond acceptors (Lipinski definition) is 6. The molecule has 2 heterocycles.